The minimum atomic E-state index is -1.35. The first-order valence-electron chi connectivity index (χ1n) is 11.8. The van der Waals surface area contributed by atoms with Crippen LogP contribution < -0.4 is 26.4 Å². The minimum Gasteiger partial charge on any atom is -0.482 e. The van der Waals surface area contributed by atoms with E-state index in [1.54, 1.807) is 18.2 Å². The maximum atomic E-state index is 13.3. The molecule has 2 aromatic carbocycles. The van der Waals surface area contributed by atoms with Crippen LogP contribution in [0.15, 0.2) is 53.1 Å². The number of carboxylic acid groups (broad SMARTS) is 1. The first kappa shape index (κ1) is 26.9. The number of carbonyl (C=O) groups excluding carboxylic acids is 4. The summed E-state index contributed by atoms with van der Waals surface area (Å²) >= 11 is 5.10. The normalized spacial score (nSPS) is 12.9. The van der Waals surface area contributed by atoms with Gasteiger partial charge in [-0.3, -0.25) is 19.2 Å². The van der Waals surface area contributed by atoms with Gasteiger partial charge in [0.25, 0.3) is 23.5 Å². The highest BCUT2D eigenvalue weighted by Gasteiger charge is 2.25. The fourth-order valence-corrected chi connectivity index (χ4v) is 4.21. The zero-order valence-corrected chi connectivity index (χ0v) is 21.6. The molecule has 0 unspecified atom stereocenters. The summed E-state index contributed by atoms with van der Waals surface area (Å²) in [4.78, 5) is 65.1. The Morgan fingerprint density at radius 2 is 1.88 bits per heavy atom. The third-order valence-corrected chi connectivity index (χ3v) is 6.23. The minimum absolute atomic E-state index is 0.0287. The molecule has 1 atom stereocenters. The Balaban J connectivity index is 1.39. The molecule has 1 aliphatic heterocycles. The average Bonchev–Trinajstić information content (AvgIpc) is 3.34. The summed E-state index contributed by atoms with van der Waals surface area (Å²) < 4.78 is 11.4. The van der Waals surface area contributed by atoms with Crippen molar-refractivity contribution < 1.29 is 38.3 Å². The van der Waals surface area contributed by atoms with Crippen LogP contribution in [-0.4, -0.2) is 55.9 Å². The van der Waals surface area contributed by atoms with E-state index < -0.39 is 29.7 Å². The molecule has 0 spiro atoms. The highest BCUT2D eigenvalue weighted by atomic mass is 32.1. The number of nitrogens with two attached hydrogens (primary N) is 1. The van der Waals surface area contributed by atoms with E-state index in [0.29, 0.717) is 17.0 Å². The van der Waals surface area contributed by atoms with Crippen molar-refractivity contribution in [1.82, 2.24) is 25.2 Å². The van der Waals surface area contributed by atoms with E-state index >= 15 is 0 Å². The molecular weight excluding hydrogens is 558 g/mol. The molecule has 5 rings (SSSR count). The number of fused-ring (bicyclic) bond motifs is 2. The van der Waals surface area contributed by atoms with Crippen LogP contribution in [0.1, 0.15) is 48.5 Å². The number of carbonyl (C=O) groups is 5. The summed E-state index contributed by atoms with van der Waals surface area (Å²) in [5.74, 6) is -3.64. The standard InChI is InChI=1S/C25H19N7O8S/c26-20(34)19(12-2-4-13(5-3-12)23(37)38)30-22(36)16-8-15(29-24-31-40-25(41)32(16)24)21(35)27-9-11-1-6-17-14(7-11)28-18(33)10-39-17/h1-8,19H,9-10H2,(H2,26,34)(H,27,35)(H,28,33)(H,30,36)(H,37,38)/t19-/m1/s1. The van der Waals surface area contributed by atoms with Crippen molar-refractivity contribution in [2.75, 3.05) is 11.9 Å². The molecule has 2 aromatic heterocycles. The van der Waals surface area contributed by atoms with Crippen molar-refractivity contribution >= 4 is 53.3 Å². The van der Waals surface area contributed by atoms with Crippen molar-refractivity contribution in [3.8, 4) is 5.75 Å². The maximum Gasteiger partial charge on any atom is 0.335 e. The Kier molecular flexibility index (Phi) is 7.13. The van der Waals surface area contributed by atoms with Gasteiger partial charge < -0.3 is 36.1 Å². The smallest absolute Gasteiger partial charge is 0.335 e. The summed E-state index contributed by atoms with van der Waals surface area (Å²) in [5, 5.41) is 20.6. The van der Waals surface area contributed by atoms with Crippen molar-refractivity contribution in [2.24, 2.45) is 5.73 Å². The number of hydrogen-bond acceptors (Lipinski definition) is 10. The van der Waals surface area contributed by atoms with E-state index in [0.717, 1.165) is 10.5 Å². The highest BCUT2D eigenvalue weighted by molar-refractivity contribution is 7.71. The second-order valence-electron chi connectivity index (χ2n) is 8.70. The molecule has 16 heteroatoms. The number of anilines is 1. The zero-order chi connectivity index (χ0) is 29.3. The molecule has 4 amide bonds. The number of ether oxygens (including phenoxy) is 1. The number of hydrogen-bond donors (Lipinski definition) is 5. The quantitative estimate of drug-likeness (QED) is 0.186. The predicted octanol–water partition coefficient (Wildman–Crippen LogP) is 0.967. The number of nitrogens with zero attached hydrogens (tertiary/aromatic N) is 3. The van der Waals surface area contributed by atoms with Crippen molar-refractivity contribution in [3.63, 3.8) is 0 Å². The number of benzene rings is 2. The summed E-state index contributed by atoms with van der Waals surface area (Å²) in [6, 6.07) is 9.98. The van der Waals surface area contributed by atoms with E-state index in [4.69, 9.17) is 32.3 Å². The molecule has 4 aromatic rings. The Labute approximate surface area is 234 Å². The monoisotopic (exact) mass is 577 g/mol. The van der Waals surface area contributed by atoms with Crippen LogP contribution in [0.5, 0.6) is 5.75 Å². The van der Waals surface area contributed by atoms with Gasteiger partial charge in [0, 0.05) is 6.54 Å². The van der Waals surface area contributed by atoms with Gasteiger partial charge in [-0.1, -0.05) is 18.2 Å². The highest BCUT2D eigenvalue weighted by Crippen LogP contribution is 2.28. The average molecular weight is 578 g/mol. The van der Waals surface area contributed by atoms with E-state index in [-0.39, 0.29) is 52.2 Å². The number of carboxylic acids is 1. The number of nitrogens with one attached hydrogen (secondary N) is 3. The molecule has 1 aliphatic rings. The van der Waals surface area contributed by atoms with Crippen LogP contribution in [0.3, 0.4) is 0 Å². The van der Waals surface area contributed by atoms with Crippen molar-refractivity contribution in [2.45, 2.75) is 12.6 Å². The number of aromatic carboxylic acids is 1. The second-order valence-corrected chi connectivity index (χ2v) is 9.05. The molecular formula is C25H19N7O8S. The fraction of sp³-hybridized carbons (Fsp3) is 0.120. The lowest BCUT2D eigenvalue weighted by atomic mass is 10.0. The fourth-order valence-electron chi connectivity index (χ4n) is 3.99. The number of rotatable bonds is 8. The van der Waals surface area contributed by atoms with Crippen molar-refractivity contribution in [3.05, 3.63) is 81.4 Å². The molecule has 0 fully saturated rings. The Hall–Kier alpha value is -5.64. The van der Waals surface area contributed by atoms with E-state index in [9.17, 15) is 24.0 Å². The van der Waals surface area contributed by atoms with E-state index in [2.05, 4.69) is 26.1 Å². The van der Waals surface area contributed by atoms with Gasteiger partial charge in [0.2, 0.25) is 5.91 Å². The summed E-state index contributed by atoms with van der Waals surface area (Å²) in [5.41, 5.74) is 6.36. The molecule has 0 bridgehead atoms. The number of amides is 4. The summed E-state index contributed by atoms with van der Waals surface area (Å²) in [7, 11) is 0. The van der Waals surface area contributed by atoms with Gasteiger partial charge in [-0.2, -0.15) is 0 Å². The van der Waals surface area contributed by atoms with Gasteiger partial charge >= 0.3 is 10.8 Å². The lowest BCUT2D eigenvalue weighted by Gasteiger charge is -2.18. The summed E-state index contributed by atoms with van der Waals surface area (Å²) in [6.07, 6.45) is 0. The van der Waals surface area contributed by atoms with Gasteiger partial charge in [-0.05, 0) is 58.8 Å². The van der Waals surface area contributed by atoms with Gasteiger partial charge in [-0.25, -0.2) is 14.2 Å². The molecule has 0 saturated heterocycles. The number of primary amides is 1. The Morgan fingerprint density at radius 3 is 2.59 bits per heavy atom. The van der Waals surface area contributed by atoms with Gasteiger partial charge in [0.1, 0.15) is 23.2 Å². The first-order chi connectivity index (χ1) is 19.6. The largest absolute Gasteiger partial charge is 0.482 e. The molecule has 0 saturated carbocycles. The van der Waals surface area contributed by atoms with Crippen LogP contribution in [0.25, 0.3) is 5.78 Å². The molecule has 208 valence electrons. The van der Waals surface area contributed by atoms with Gasteiger partial charge in [-0.15, -0.1) is 0 Å². The molecule has 3 heterocycles. The first-order valence-corrected chi connectivity index (χ1v) is 12.2. The van der Waals surface area contributed by atoms with Crippen LogP contribution in [0.2, 0.25) is 0 Å². The Bertz CT molecular complexity index is 1800. The van der Waals surface area contributed by atoms with Crippen LogP contribution in [0.4, 0.5) is 5.69 Å². The van der Waals surface area contributed by atoms with Crippen LogP contribution in [0, 0.1) is 4.84 Å². The molecule has 6 N–H and O–H groups in total. The van der Waals surface area contributed by atoms with Gasteiger partial charge in [0.15, 0.2) is 6.61 Å². The number of aromatic nitrogens is 3. The van der Waals surface area contributed by atoms with Crippen LogP contribution in [-0.2, 0) is 16.1 Å². The topological polar surface area (TPSA) is 220 Å². The molecule has 0 radical (unpaired) electrons. The third kappa shape index (κ3) is 5.57. The predicted molar refractivity (Wildman–Crippen MR) is 141 cm³/mol. The molecule has 0 aliphatic carbocycles. The zero-order valence-electron chi connectivity index (χ0n) is 20.7. The van der Waals surface area contributed by atoms with Crippen molar-refractivity contribution in [1.29, 1.82) is 0 Å². The Morgan fingerprint density at radius 1 is 1.12 bits per heavy atom. The second kappa shape index (κ2) is 10.9. The molecule has 41 heavy (non-hydrogen) atoms. The van der Waals surface area contributed by atoms with E-state index in [1.165, 1.54) is 24.3 Å². The molecule has 15 nitrogen and oxygen atoms in total. The lowest BCUT2D eigenvalue weighted by Crippen LogP contribution is -2.38. The third-order valence-electron chi connectivity index (χ3n) is 5.97. The SMILES string of the molecule is NC(=O)[C@H](NC(=O)c1cc(C(=O)NCc2ccc3c(c2)NC(=O)CO3)nc2noc(=S)n12)c1ccc(C(=O)O)cc1. The lowest BCUT2D eigenvalue weighted by molar-refractivity contribution is -0.120. The summed E-state index contributed by atoms with van der Waals surface area (Å²) in [6.45, 7) is -0.0477. The van der Waals surface area contributed by atoms with Crippen LogP contribution >= 0.6 is 12.2 Å². The maximum absolute atomic E-state index is 13.3. The van der Waals surface area contributed by atoms with E-state index in [1.807, 2.05) is 0 Å². The van der Waals surface area contributed by atoms with Gasteiger partial charge in [0.05, 0.1) is 11.3 Å².